The summed E-state index contributed by atoms with van der Waals surface area (Å²) >= 11 is 3.46. The van der Waals surface area contributed by atoms with E-state index in [0.29, 0.717) is 12.1 Å². The van der Waals surface area contributed by atoms with Crippen LogP contribution in [0.2, 0.25) is 0 Å². The lowest BCUT2D eigenvalue weighted by Gasteiger charge is -2.08. The summed E-state index contributed by atoms with van der Waals surface area (Å²) in [4.78, 5) is 12.2. The maximum Gasteiger partial charge on any atom is 0.251 e. The summed E-state index contributed by atoms with van der Waals surface area (Å²) in [6.07, 6.45) is 4.91. The fraction of sp³-hybridized carbons (Fsp3) is 0.350. The molecule has 0 bridgehead atoms. The standard InChI is InChI=1S/C20H24BrNO/c1-3-4-5-6-16-8-10-17(11-9-16)14-22-20(23)18-12-7-15(2)19(21)13-18/h7-13H,3-6,14H2,1-2H3,(H,22,23). The molecule has 0 unspecified atom stereocenters. The van der Waals surface area contributed by atoms with Crippen LogP contribution in [-0.2, 0) is 13.0 Å². The molecule has 2 nitrogen and oxygen atoms in total. The highest BCUT2D eigenvalue weighted by molar-refractivity contribution is 9.10. The van der Waals surface area contributed by atoms with E-state index in [1.54, 1.807) is 0 Å². The van der Waals surface area contributed by atoms with Crippen LogP contribution in [0.1, 0.15) is 53.2 Å². The number of aryl methyl sites for hydroxylation is 2. The molecule has 23 heavy (non-hydrogen) atoms. The Morgan fingerprint density at radius 3 is 2.39 bits per heavy atom. The van der Waals surface area contributed by atoms with E-state index in [2.05, 4.69) is 52.4 Å². The third-order valence-electron chi connectivity index (χ3n) is 3.98. The Labute approximate surface area is 147 Å². The molecule has 0 heterocycles. The smallest absolute Gasteiger partial charge is 0.251 e. The number of rotatable bonds is 7. The summed E-state index contributed by atoms with van der Waals surface area (Å²) in [5, 5.41) is 2.97. The minimum absolute atomic E-state index is 0.0438. The number of carbonyl (C=O) groups excluding carboxylic acids is 1. The fourth-order valence-electron chi connectivity index (χ4n) is 2.42. The van der Waals surface area contributed by atoms with Gasteiger partial charge in [0, 0.05) is 16.6 Å². The van der Waals surface area contributed by atoms with Gasteiger partial charge in [0.2, 0.25) is 0 Å². The quantitative estimate of drug-likeness (QED) is 0.644. The Hall–Kier alpha value is -1.61. The number of carbonyl (C=O) groups is 1. The van der Waals surface area contributed by atoms with Gasteiger partial charge in [-0.3, -0.25) is 4.79 Å². The fourth-order valence-corrected chi connectivity index (χ4v) is 2.80. The predicted molar refractivity (Wildman–Crippen MR) is 99.7 cm³/mol. The van der Waals surface area contributed by atoms with Crippen molar-refractivity contribution in [3.63, 3.8) is 0 Å². The second-order valence-corrected chi connectivity index (χ2v) is 6.77. The highest BCUT2D eigenvalue weighted by Crippen LogP contribution is 2.17. The summed E-state index contributed by atoms with van der Waals surface area (Å²) in [7, 11) is 0. The number of amides is 1. The van der Waals surface area contributed by atoms with Gasteiger partial charge < -0.3 is 5.32 Å². The van der Waals surface area contributed by atoms with Crippen molar-refractivity contribution in [1.82, 2.24) is 5.32 Å². The van der Waals surface area contributed by atoms with Gasteiger partial charge in [-0.05, 0) is 48.6 Å². The predicted octanol–water partition coefficient (Wildman–Crippen LogP) is 5.42. The first-order chi connectivity index (χ1) is 11.1. The lowest BCUT2D eigenvalue weighted by atomic mass is 10.1. The van der Waals surface area contributed by atoms with E-state index in [4.69, 9.17) is 0 Å². The summed E-state index contributed by atoms with van der Waals surface area (Å²) < 4.78 is 0.960. The average Bonchev–Trinajstić information content (AvgIpc) is 2.56. The molecule has 0 aromatic heterocycles. The van der Waals surface area contributed by atoms with Gasteiger partial charge in [0.15, 0.2) is 0 Å². The highest BCUT2D eigenvalue weighted by Gasteiger charge is 2.07. The van der Waals surface area contributed by atoms with Gasteiger partial charge in [-0.2, -0.15) is 0 Å². The molecule has 0 saturated heterocycles. The number of benzene rings is 2. The van der Waals surface area contributed by atoms with Crippen molar-refractivity contribution in [2.75, 3.05) is 0 Å². The average molecular weight is 374 g/mol. The minimum Gasteiger partial charge on any atom is -0.348 e. The Balaban J connectivity index is 1.87. The Bertz CT molecular complexity index is 649. The maximum atomic E-state index is 12.2. The van der Waals surface area contributed by atoms with E-state index >= 15 is 0 Å². The van der Waals surface area contributed by atoms with Gasteiger partial charge in [0.25, 0.3) is 5.91 Å². The molecule has 122 valence electrons. The molecule has 2 rings (SSSR count). The topological polar surface area (TPSA) is 29.1 Å². The number of unbranched alkanes of at least 4 members (excludes halogenated alkanes) is 2. The summed E-state index contributed by atoms with van der Waals surface area (Å²) in [5.74, 6) is -0.0438. The van der Waals surface area contributed by atoms with Gasteiger partial charge in [-0.15, -0.1) is 0 Å². The van der Waals surface area contributed by atoms with Crippen molar-refractivity contribution >= 4 is 21.8 Å². The highest BCUT2D eigenvalue weighted by atomic mass is 79.9. The Morgan fingerprint density at radius 1 is 1.04 bits per heavy atom. The first-order valence-corrected chi connectivity index (χ1v) is 9.01. The van der Waals surface area contributed by atoms with Crippen LogP contribution in [0, 0.1) is 6.92 Å². The van der Waals surface area contributed by atoms with Crippen molar-refractivity contribution in [1.29, 1.82) is 0 Å². The molecule has 0 aliphatic carbocycles. The first kappa shape index (κ1) is 17.7. The summed E-state index contributed by atoms with van der Waals surface area (Å²) in [6.45, 7) is 4.78. The molecule has 0 saturated carbocycles. The van der Waals surface area contributed by atoms with Crippen molar-refractivity contribution in [3.05, 3.63) is 69.2 Å². The molecule has 3 heteroatoms. The molecule has 2 aromatic rings. The number of hydrogen-bond donors (Lipinski definition) is 1. The van der Waals surface area contributed by atoms with Crippen LogP contribution in [0.4, 0.5) is 0 Å². The molecule has 0 radical (unpaired) electrons. The summed E-state index contributed by atoms with van der Waals surface area (Å²) in [5.41, 5.74) is 4.30. The lowest BCUT2D eigenvalue weighted by Crippen LogP contribution is -2.22. The van der Waals surface area contributed by atoms with Crippen molar-refractivity contribution in [2.45, 2.75) is 46.1 Å². The van der Waals surface area contributed by atoms with Gasteiger partial charge in [0.05, 0.1) is 0 Å². The van der Waals surface area contributed by atoms with E-state index in [1.165, 1.54) is 24.8 Å². The largest absolute Gasteiger partial charge is 0.348 e. The maximum absolute atomic E-state index is 12.2. The molecule has 1 amide bonds. The molecular formula is C20H24BrNO. The van der Waals surface area contributed by atoms with Crippen molar-refractivity contribution in [2.24, 2.45) is 0 Å². The molecular weight excluding hydrogens is 350 g/mol. The second-order valence-electron chi connectivity index (χ2n) is 5.92. The van der Waals surface area contributed by atoms with Crippen LogP contribution in [0.15, 0.2) is 46.9 Å². The van der Waals surface area contributed by atoms with Crippen LogP contribution >= 0.6 is 15.9 Å². The van der Waals surface area contributed by atoms with Crippen LogP contribution in [-0.4, -0.2) is 5.91 Å². The van der Waals surface area contributed by atoms with Gasteiger partial charge in [0.1, 0.15) is 0 Å². The van der Waals surface area contributed by atoms with E-state index in [0.717, 1.165) is 22.0 Å². The van der Waals surface area contributed by atoms with Gasteiger partial charge >= 0.3 is 0 Å². The van der Waals surface area contributed by atoms with E-state index < -0.39 is 0 Å². The molecule has 0 aliphatic rings. The molecule has 0 aliphatic heterocycles. The molecule has 0 atom stereocenters. The number of halogens is 1. The Kier molecular flexibility index (Phi) is 6.85. The normalized spacial score (nSPS) is 10.6. The number of nitrogens with one attached hydrogen (secondary N) is 1. The van der Waals surface area contributed by atoms with Crippen LogP contribution < -0.4 is 5.32 Å². The number of hydrogen-bond acceptors (Lipinski definition) is 1. The van der Waals surface area contributed by atoms with Gasteiger partial charge in [-0.25, -0.2) is 0 Å². The van der Waals surface area contributed by atoms with Crippen LogP contribution in [0.25, 0.3) is 0 Å². The van der Waals surface area contributed by atoms with E-state index in [1.807, 2.05) is 25.1 Å². The second kappa shape index (κ2) is 8.88. The zero-order valence-electron chi connectivity index (χ0n) is 13.9. The first-order valence-electron chi connectivity index (χ1n) is 8.22. The zero-order chi connectivity index (χ0) is 16.7. The lowest BCUT2D eigenvalue weighted by molar-refractivity contribution is 0.0951. The Morgan fingerprint density at radius 2 is 1.74 bits per heavy atom. The monoisotopic (exact) mass is 373 g/mol. The van der Waals surface area contributed by atoms with Crippen molar-refractivity contribution < 1.29 is 4.79 Å². The van der Waals surface area contributed by atoms with E-state index in [-0.39, 0.29) is 5.91 Å². The molecule has 2 aromatic carbocycles. The third-order valence-corrected chi connectivity index (χ3v) is 4.83. The third kappa shape index (κ3) is 5.51. The zero-order valence-corrected chi connectivity index (χ0v) is 15.4. The van der Waals surface area contributed by atoms with Gasteiger partial charge in [-0.1, -0.05) is 66.0 Å². The molecule has 1 N–H and O–H groups in total. The minimum atomic E-state index is -0.0438. The van der Waals surface area contributed by atoms with Crippen molar-refractivity contribution in [3.8, 4) is 0 Å². The van der Waals surface area contributed by atoms with Crippen LogP contribution in [0.3, 0.4) is 0 Å². The molecule has 0 spiro atoms. The SMILES string of the molecule is CCCCCc1ccc(CNC(=O)c2ccc(C)c(Br)c2)cc1. The van der Waals surface area contributed by atoms with E-state index in [9.17, 15) is 4.79 Å². The summed E-state index contributed by atoms with van der Waals surface area (Å²) in [6, 6.07) is 14.2. The van der Waals surface area contributed by atoms with Crippen LogP contribution in [0.5, 0.6) is 0 Å². The molecule has 0 fully saturated rings.